The molecule has 2 heterocycles. The van der Waals surface area contributed by atoms with Crippen molar-refractivity contribution in [1.82, 2.24) is 14.3 Å². The van der Waals surface area contributed by atoms with Crippen molar-refractivity contribution in [2.45, 2.75) is 39.2 Å². The fourth-order valence-electron chi connectivity index (χ4n) is 4.52. The number of amides is 1. The van der Waals surface area contributed by atoms with Crippen LogP contribution in [0.15, 0.2) is 82.2 Å². The lowest BCUT2D eigenvalue weighted by Gasteiger charge is -2.32. The Morgan fingerprint density at radius 3 is 2.50 bits per heavy atom. The predicted octanol–water partition coefficient (Wildman–Crippen LogP) is 5.30. The lowest BCUT2D eigenvalue weighted by Crippen LogP contribution is -2.38. The minimum absolute atomic E-state index is 0.0975. The maximum Gasteiger partial charge on any atom is 0.261 e. The molecule has 0 fully saturated rings. The molecule has 0 spiro atoms. The summed E-state index contributed by atoms with van der Waals surface area (Å²) >= 11 is 3.44. The van der Waals surface area contributed by atoms with Gasteiger partial charge in [0.05, 0.1) is 11.7 Å². The highest BCUT2D eigenvalue weighted by atomic mass is 79.9. The van der Waals surface area contributed by atoms with Crippen molar-refractivity contribution < 1.29 is 4.79 Å². The summed E-state index contributed by atoms with van der Waals surface area (Å²) < 4.78 is 2.51. The molecule has 4 rings (SSSR count). The molecule has 0 saturated heterocycles. The van der Waals surface area contributed by atoms with Gasteiger partial charge in [0.25, 0.3) is 11.5 Å². The van der Waals surface area contributed by atoms with Crippen LogP contribution in [0, 0.1) is 6.92 Å². The van der Waals surface area contributed by atoms with Gasteiger partial charge in [-0.3, -0.25) is 14.0 Å². The van der Waals surface area contributed by atoms with Crippen LogP contribution in [0.4, 0.5) is 0 Å². The largest absolute Gasteiger partial charge is 0.330 e. The maximum absolute atomic E-state index is 13.8. The van der Waals surface area contributed by atoms with Crippen LogP contribution in [0.5, 0.6) is 0 Å². The zero-order valence-corrected chi connectivity index (χ0v) is 22.2. The average Bonchev–Trinajstić information content (AvgIpc) is 2.89. The molecule has 0 radical (unpaired) electrons. The number of fused-ring (bicyclic) bond motifs is 1. The zero-order valence-electron chi connectivity index (χ0n) is 20.7. The van der Waals surface area contributed by atoms with Gasteiger partial charge in [0.2, 0.25) is 0 Å². The Balaban J connectivity index is 1.89. The van der Waals surface area contributed by atoms with Gasteiger partial charge < -0.3 is 10.6 Å². The monoisotopic (exact) mass is 546 g/mol. The highest BCUT2D eigenvalue weighted by Crippen LogP contribution is 2.29. The first-order chi connectivity index (χ1) is 17.4. The van der Waals surface area contributed by atoms with Crippen LogP contribution in [-0.2, 0) is 6.42 Å². The van der Waals surface area contributed by atoms with E-state index in [0.717, 1.165) is 15.6 Å². The van der Waals surface area contributed by atoms with Gasteiger partial charge in [-0.2, -0.15) is 0 Å². The minimum atomic E-state index is -0.371. The average molecular weight is 547 g/mol. The highest BCUT2D eigenvalue weighted by Gasteiger charge is 2.29. The van der Waals surface area contributed by atoms with Crippen LogP contribution >= 0.6 is 15.9 Å². The summed E-state index contributed by atoms with van der Waals surface area (Å²) in [5.41, 5.74) is 10.2. The van der Waals surface area contributed by atoms with Gasteiger partial charge in [0.1, 0.15) is 5.65 Å². The Hall–Kier alpha value is -3.29. The smallest absolute Gasteiger partial charge is 0.261 e. The van der Waals surface area contributed by atoms with Crippen LogP contribution in [0.2, 0.25) is 0 Å². The summed E-state index contributed by atoms with van der Waals surface area (Å²) in [5.74, 6) is -0.0975. The molecule has 0 saturated carbocycles. The molecule has 186 valence electrons. The Morgan fingerprint density at radius 1 is 1.11 bits per heavy atom. The number of nitrogens with zero attached hydrogens (tertiary/aromatic N) is 3. The van der Waals surface area contributed by atoms with Gasteiger partial charge in [-0.05, 0) is 73.8 Å². The van der Waals surface area contributed by atoms with Crippen LogP contribution in [0.25, 0.3) is 5.65 Å². The molecule has 1 atom stereocenters. The lowest BCUT2D eigenvalue weighted by molar-refractivity contribution is 0.0664. The van der Waals surface area contributed by atoms with Gasteiger partial charge >= 0.3 is 0 Å². The molecule has 1 amide bonds. The van der Waals surface area contributed by atoms with E-state index in [0.29, 0.717) is 54.8 Å². The molecule has 2 N–H and O–H groups in total. The Kier molecular flexibility index (Phi) is 8.33. The van der Waals surface area contributed by atoms with Crippen molar-refractivity contribution in [2.75, 3.05) is 13.1 Å². The van der Waals surface area contributed by atoms with E-state index < -0.39 is 0 Å². The number of benzene rings is 2. The third kappa shape index (κ3) is 5.58. The third-order valence-corrected chi connectivity index (χ3v) is 6.90. The summed E-state index contributed by atoms with van der Waals surface area (Å²) in [6.45, 7) is 4.95. The number of rotatable bonds is 9. The van der Waals surface area contributed by atoms with E-state index in [-0.39, 0.29) is 17.5 Å². The fraction of sp³-hybridized carbons (Fsp3) is 0.276. The van der Waals surface area contributed by atoms with Crippen LogP contribution in [0.1, 0.15) is 58.5 Å². The quantitative estimate of drug-likeness (QED) is 0.309. The van der Waals surface area contributed by atoms with E-state index in [1.165, 1.54) is 0 Å². The number of pyridine rings is 1. The number of aryl methyl sites for hydroxylation is 1. The third-order valence-electron chi connectivity index (χ3n) is 6.37. The predicted molar refractivity (Wildman–Crippen MR) is 147 cm³/mol. The second kappa shape index (κ2) is 11.6. The topological polar surface area (TPSA) is 80.7 Å². The first-order valence-electron chi connectivity index (χ1n) is 12.2. The zero-order chi connectivity index (χ0) is 25.7. The molecule has 1 unspecified atom stereocenters. The van der Waals surface area contributed by atoms with E-state index >= 15 is 0 Å². The van der Waals surface area contributed by atoms with Gasteiger partial charge in [-0.15, -0.1) is 0 Å². The number of carbonyl (C=O) groups excluding carboxylic acids is 1. The SMILES string of the molecule is CCC(c1nc2cc(C)ccn2c(=O)c1Cc1ccccc1)N(CCCN)C(=O)c1ccc(Br)cc1. The number of aromatic nitrogens is 2. The minimum Gasteiger partial charge on any atom is -0.330 e. The first-order valence-corrected chi connectivity index (χ1v) is 13.0. The Morgan fingerprint density at radius 2 is 1.83 bits per heavy atom. The van der Waals surface area contributed by atoms with Gasteiger partial charge in [0.15, 0.2) is 0 Å². The second-order valence-electron chi connectivity index (χ2n) is 8.95. The Bertz CT molecular complexity index is 1400. The van der Waals surface area contributed by atoms with E-state index in [1.807, 2.05) is 85.5 Å². The normalized spacial score (nSPS) is 12.0. The van der Waals surface area contributed by atoms with Crippen molar-refractivity contribution in [3.8, 4) is 0 Å². The summed E-state index contributed by atoms with van der Waals surface area (Å²) in [6, 6.07) is 20.7. The van der Waals surface area contributed by atoms with Crippen LogP contribution in [0.3, 0.4) is 0 Å². The molecule has 2 aromatic carbocycles. The molecule has 0 aliphatic rings. The van der Waals surface area contributed by atoms with Crippen molar-refractivity contribution >= 4 is 27.5 Å². The van der Waals surface area contributed by atoms with Crippen molar-refractivity contribution in [1.29, 1.82) is 0 Å². The molecule has 0 bridgehead atoms. The van der Waals surface area contributed by atoms with Crippen molar-refractivity contribution in [2.24, 2.45) is 5.73 Å². The lowest BCUT2D eigenvalue weighted by atomic mass is 9.97. The van der Waals surface area contributed by atoms with Gasteiger partial charge in [-0.25, -0.2) is 4.98 Å². The van der Waals surface area contributed by atoms with Gasteiger partial charge in [0, 0.05) is 34.8 Å². The van der Waals surface area contributed by atoms with Crippen LogP contribution < -0.4 is 11.3 Å². The number of hydrogen-bond donors (Lipinski definition) is 1. The molecule has 6 nitrogen and oxygen atoms in total. The fourth-order valence-corrected chi connectivity index (χ4v) is 4.78. The number of halogens is 1. The molecular formula is C29H31BrN4O2. The highest BCUT2D eigenvalue weighted by molar-refractivity contribution is 9.10. The number of nitrogens with two attached hydrogens (primary N) is 1. The summed E-state index contributed by atoms with van der Waals surface area (Å²) in [6.07, 6.45) is 3.48. The summed E-state index contributed by atoms with van der Waals surface area (Å²) in [5, 5.41) is 0. The van der Waals surface area contributed by atoms with E-state index in [2.05, 4.69) is 15.9 Å². The van der Waals surface area contributed by atoms with Crippen LogP contribution in [-0.4, -0.2) is 33.3 Å². The number of carbonyl (C=O) groups is 1. The molecule has 0 aliphatic carbocycles. The number of hydrogen-bond acceptors (Lipinski definition) is 4. The summed E-state index contributed by atoms with van der Waals surface area (Å²) in [7, 11) is 0. The molecule has 0 aliphatic heterocycles. The van der Waals surface area contributed by atoms with E-state index in [9.17, 15) is 9.59 Å². The second-order valence-corrected chi connectivity index (χ2v) is 9.86. The molecular weight excluding hydrogens is 516 g/mol. The molecule has 7 heteroatoms. The maximum atomic E-state index is 13.8. The first kappa shape index (κ1) is 25.8. The molecule has 2 aromatic heterocycles. The van der Waals surface area contributed by atoms with Crippen molar-refractivity contribution in [3.05, 3.63) is 116 Å². The molecule has 36 heavy (non-hydrogen) atoms. The summed E-state index contributed by atoms with van der Waals surface area (Å²) in [4.78, 5) is 34.4. The van der Waals surface area contributed by atoms with E-state index in [1.54, 1.807) is 10.6 Å². The van der Waals surface area contributed by atoms with E-state index in [4.69, 9.17) is 10.7 Å². The Labute approximate surface area is 219 Å². The standard InChI is InChI=1S/C29H31BrN4O2/c1-3-25(33(16-7-15-31)28(35)22-10-12-23(30)13-11-22)27-24(19-21-8-5-4-6-9-21)29(36)34-17-14-20(2)18-26(34)32-27/h4-6,8-14,17-18,25H,3,7,15-16,19,31H2,1-2H3. The molecule has 4 aromatic rings. The van der Waals surface area contributed by atoms with Crippen molar-refractivity contribution in [3.63, 3.8) is 0 Å². The van der Waals surface area contributed by atoms with Gasteiger partial charge in [-0.1, -0.05) is 53.2 Å².